The van der Waals surface area contributed by atoms with Crippen molar-refractivity contribution in [2.24, 2.45) is 5.41 Å². The van der Waals surface area contributed by atoms with Crippen molar-refractivity contribution in [2.75, 3.05) is 19.7 Å². The minimum absolute atomic E-state index is 0.0149. The van der Waals surface area contributed by atoms with Crippen molar-refractivity contribution in [1.82, 2.24) is 15.6 Å². The van der Waals surface area contributed by atoms with E-state index in [1.54, 1.807) is 16.8 Å². The van der Waals surface area contributed by atoms with Crippen LogP contribution < -0.4 is 10.6 Å². The number of carbonyl (C=O) groups is 1. The summed E-state index contributed by atoms with van der Waals surface area (Å²) in [5.74, 6) is 0. The standard InChI is InChI=1S/C17H23N3O2S/c1-17(12-21,9-14-5-3-2-4-6-14)11-19-16(22)18-8-7-15-10-23-13-20-15/h2-6,10,13,21H,7-9,11-12H2,1H3,(H2,18,19,22). The zero-order valence-electron chi connectivity index (χ0n) is 13.3. The van der Waals surface area contributed by atoms with Gasteiger partial charge in [-0.3, -0.25) is 0 Å². The van der Waals surface area contributed by atoms with Gasteiger partial charge < -0.3 is 15.7 Å². The minimum atomic E-state index is -0.381. The first-order valence-electron chi connectivity index (χ1n) is 7.65. The molecule has 2 rings (SSSR count). The van der Waals surface area contributed by atoms with Crippen LogP contribution in [0.25, 0.3) is 0 Å². The first-order chi connectivity index (χ1) is 11.1. The number of thiazole rings is 1. The maximum Gasteiger partial charge on any atom is 0.314 e. The van der Waals surface area contributed by atoms with Crippen molar-refractivity contribution >= 4 is 17.4 Å². The monoisotopic (exact) mass is 333 g/mol. The van der Waals surface area contributed by atoms with Crippen molar-refractivity contribution in [1.29, 1.82) is 0 Å². The van der Waals surface area contributed by atoms with Crippen LogP contribution in [0.1, 0.15) is 18.2 Å². The fourth-order valence-corrected chi connectivity index (χ4v) is 2.88. The molecule has 2 amide bonds. The molecule has 1 unspecified atom stereocenters. The van der Waals surface area contributed by atoms with E-state index in [0.29, 0.717) is 19.5 Å². The SMILES string of the molecule is CC(CO)(CNC(=O)NCCc1cscn1)Cc1ccccc1. The molecule has 0 radical (unpaired) electrons. The maximum absolute atomic E-state index is 11.9. The predicted molar refractivity (Wildman–Crippen MR) is 92.6 cm³/mol. The Morgan fingerprint density at radius 2 is 2.09 bits per heavy atom. The molecule has 1 atom stereocenters. The fourth-order valence-electron chi connectivity index (χ4n) is 2.28. The first-order valence-corrected chi connectivity index (χ1v) is 8.59. The Morgan fingerprint density at radius 1 is 1.30 bits per heavy atom. The molecule has 0 fully saturated rings. The van der Waals surface area contributed by atoms with Gasteiger partial charge in [-0.2, -0.15) is 0 Å². The van der Waals surface area contributed by atoms with Crippen LogP contribution in [0.3, 0.4) is 0 Å². The van der Waals surface area contributed by atoms with E-state index in [2.05, 4.69) is 15.6 Å². The third kappa shape index (κ3) is 6.00. The Kier molecular flexibility index (Phi) is 6.55. The van der Waals surface area contributed by atoms with Crippen LogP contribution in [-0.2, 0) is 12.8 Å². The van der Waals surface area contributed by atoms with E-state index in [0.717, 1.165) is 17.7 Å². The van der Waals surface area contributed by atoms with Gasteiger partial charge in [-0.15, -0.1) is 11.3 Å². The zero-order valence-corrected chi connectivity index (χ0v) is 14.1. The van der Waals surface area contributed by atoms with Crippen molar-refractivity contribution in [3.05, 3.63) is 52.5 Å². The molecule has 5 nitrogen and oxygen atoms in total. The van der Waals surface area contributed by atoms with Crippen LogP contribution in [0.5, 0.6) is 0 Å². The van der Waals surface area contributed by atoms with Gasteiger partial charge in [0.05, 0.1) is 17.8 Å². The second-order valence-corrected chi connectivity index (χ2v) is 6.69. The van der Waals surface area contributed by atoms with Gasteiger partial charge in [0.2, 0.25) is 0 Å². The number of benzene rings is 1. The lowest BCUT2D eigenvalue weighted by molar-refractivity contribution is 0.140. The predicted octanol–water partition coefficient (Wildman–Crippen LogP) is 2.23. The lowest BCUT2D eigenvalue weighted by Gasteiger charge is -2.27. The molecule has 3 N–H and O–H groups in total. The summed E-state index contributed by atoms with van der Waals surface area (Å²) in [6.07, 6.45) is 1.43. The Hall–Kier alpha value is -1.92. The van der Waals surface area contributed by atoms with Crippen LogP contribution in [0.4, 0.5) is 4.79 Å². The summed E-state index contributed by atoms with van der Waals surface area (Å²) in [6.45, 7) is 2.95. The summed E-state index contributed by atoms with van der Waals surface area (Å²) in [5.41, 5.74) is 3.54. The maximum atomic E-state index is 11.9. The highest BCUT2D eigenvalue weighted by molar-refractivity contribution is 7.07. The number of nitrogens with zero attached hydrogens (tertiary/aromatic N) is 1. The topological polar surface area (TPSA) is 74.2 Å². The highest BCUT2D eigenvalue weighted by atomic mass is 32.1. The summed E-state index contributed by atoms with van der Waals surface area (Å²) in [7, 11) is 0. The Morgan fingerprint density at radius 3 is 2.74 bits per heavy atom. The molecule has 6 heteroatoms. The first kappa shape index (κ1) is 17.4. The summed E-state index contributed by atoms with van der Waals surface area (Å²) >= 11 is 1.55. The second-order valence-electron chi connectivity index (χ2n) is 5.97. The van der Waals surface area contributed by atoms with Gasteiger partial charge in [0, 0.05) is 30.3 Å². The summed E-state index contributed by atoms with van der Waals surface area (Å²) in [6, 6.07) is 9.77. The van der Waals surface area contributed by atoms with Crippen LogP contribution in [0, 0.1) is 5.41 Å². The largest absolute Gasteiger partial charge is 0.396 e. The molecule has 0 aliphatic carbocycles. The van der Waals surface area contributed by atoms with Crippen LogP contribution in [0.15, 0.2) is 41.2 Å². The molecule has 0 aliphatic rings. The molecule has 23 heavy (non-hydrogen) atoms. The number of carbonyl (C=O) groups excluding carboxylic acids is 1. The molecular formula is C17H23N3O2S. The molecule has 1 aromatic carbocycles. The third-order valence-corrected chi connectivity index (χ3v) is 4.32. The molecule has 0 saturated carbocycles. The van der Waals surface area contributed by atoms with E-state index in [9.17, 15) is 9.90 Å². The molecular weight excluding hydrogens is 310 g/mol. The van der Waals surface area contributed by atoms with Gasteiger partial charge in [-0.05, 0) is 12.0 Å². The smallest absolute Gasteiger partial charge is 0.314 e. The second kappa shape index (κ2) is 8.64. The summed E-state index contributed by atoms with van der Waals surface area (Å²) in [5, 5.41) is 17.3. The van der Waals surface area contributed by atoms with Crippen molar-refractivity contribution < 1.29 is 9.90 Å². The molecule has 0 bridgehead atoms. The Labute approximate surface area is 140 Å². The molecule has 1 aromatic heterocycles. The van der Waals surface area contributed by atoms with E-state index in [4.69, 9.17) is 0 Å². The van der Waals surface area contributed by atoms with Crippen molar-refractivity contribution in [2.45, 2.75) is 19.8 Å². The number of aliphatic hydroxyl groups is 1. The lowest BCUT2D eigenvalue weighted by atomic mass is 9.84. The molecule has 0 saturated heterocycles. The Bertz CT molecular complexity index is 589. The minimum Gasteiger partial charge on any atom is -0.396 e. The Balaban J connectivity index is 1.74. The number of aromatic nitrogens is 1. The fraction of sp³-hybridized carbons (Fsp3) is 0.412. The quantitative estimate of drug-likeness (QED) is 0.693. The molecule has 1 heterocycles. The number of urea groups is 1. The molecule has 0 aliphatic heterocycles. The van der Waals surface area contributed by atoms with E-state index in [-0.39, 0.29) is 18.1 Å². The van der Waals surface area contributed by atoms with Gasteiger partial charge in [0.15, 0.2) is 0 Å². The number of aliphatic hydroxyl groups excluding tert-OH is 1. The molecule has 124 valence electrons. The van der Waals surface area contributed by atoms with Crippen LogP contribution in [0.2, 0.25) is 0 Å². The average Bonchev–Trinajstić information content (AvgIpc) is 3.07. The number of hydrogen-bond donors (Lipinski definition) is 3. The number of rotatable bonds is 8. The van der Waals surface area contributed by atoms with E-state index in [1.165, 1.54) is 0 Å². The zero-order chi connectivity index (χ0) is 16.5. The van der Waals surface area contributed by atoms with Gasteiger partial charge in [-0.1, -0.05) is 37.3 Å². The number of hydrogen-bond acceptors (Lipinski definition) is 4. The average molecular weight is 333 g/mol. The van der Waals surface area contributed by atoms with Crippen LogP contribution in [-0.4, -0.2) is 35.8 Å². The lowest BCUT2D eigenvalue weighted by Crippen LogP contribution is -2.44. The van der Waals surface area contributed by atoms with Gasteiger partial charge >= 0.3 is 6.03 Å². The highest BCUT2D eigenvalue weighted by Crippen LogP contribution is 2.21. The van der Waals surface area contributed by atoms with Gasteiger partial charge in [-0.25, -0.2) is 9.78 Å². The van der Waals surface area contributed by atoms with Crippen molar-refractivity contribution in [3.63, 3.8) is 0 Å². The van der Waals surface area contributed by atoms with E-state index < -0.39 is 0 Å². The molecule has 0 spiro atoms. The summed E-state index contributed by atoms with van der Waals surface area (Å²) in [4.78, 5) is 16.0. The van der Waals surface area contributed by atoms with Gasteiger partial charge in [0.25, 0.3) is 0 Å². The highest BCUT2D eigenvalue weighted by Gasteiger charge is 2.24. The number of nitrogens with one attached hydrogen (secondary N) is 2. The normalized spacial score (nSPS) is 13.3. The van der Waals surface area contributed by atoms with Crippen molar-refractivity contribution in [3.8, 4) is 0 Å². The van der Waals surface area contributed by atoms with Gasteiger partial charge in [0.1, 0.15) is 0 Å². The summed E-state index contributed by atoms with van der Waals surface area (Å²) < 4.78 is 0. The van der Waals surface area contributed by atoms with E-state index >= 15 is 0 Å². The van der Waals surface area contributed by atoms with E-state index in [1.807, 2.05) is 42.6 Å². The number of amides is 2. The third-order valence-electron chi connectivity index (χ3n) is 3.68. The van der Waals surface area contributed by atoms with Crippen LogP contribution >= 0.6 is 11.3 Å². The molecule has 2 aromatic rings.